The minimum atomic E-state index is -0.189. The van der Waals surface area contributed by atoms with Gasteiger partial charge in [-0.15, -0.1) is 0 Å². The molecule has 0 unspecified atom stereocenters. The lowest BCUT2D eigenvalue weighted by atomic mass is 10.3. The number of rotatable bonds is 2. The third-order valence-electron chi connectivity index (χ3n) is 2.59. The third-order valence-corrected chi connectivity index (χ3v) is 2.59. The number of hydrogen-bond donors (Lipinski definition) is 2. The van der Waals surface area contributed by atoms with Crippen LogP contribution < -0.4 is 15.5 Å². The molecule has 2 N–H and O–H groups in total. The second kappa shape index (κ2) is 6.23. The van der Waals surface area contributed by atoms with Crippen LogP contribution in [0.2, 0.25) is 0 Å². The van der Waals surface area contributed by atoms with Crippen LogP contribution in [0.15, 0.2) is 24.3 Å². The lowest BCUT2D eigenvalue weighted by Crippen LogP contribution is -2.45. The molecule has 2 rings (SSSR count). The quantitative estimate of drug-likeness (QED) is 0.825. The van der Waals surface area contributed by atoms with Crippen molar-refractivity contribution >= 4 is 11.7 Å². The van der Waals surface area contributed by atoms with Crippen LogP contribution in [0.4, 0.5) is 10.5 Å². The second-order valence-electron chi connectivity index (χ2n) is 3.83. The summed E-state index contributed by atoms with van der Waals surface area (Å²) in [5.74, 6) is 0.759. The van der Waals surface area contributed by atoms with E-state index >= 15 is 0 Å². The molecule has 1 aromatic carbocycles. The van der Waals surface area contributed by atoms with Gasteiger partial charge in [0.25, 0.3) is 0 Å². The zero-order valence-corrected chi connectivity index (χ0v) is 10.3. The van der Waals surface area contributed by atoms with E-state index in [9.17, 15) is 4.79 Å². The van der Waals surface area contributed by atoms with Gasteiger partial charge in [0.2, 0.25) is 0 Å². The van der Waals surface area contributed by atoms with E-state index in [0.29, 0.717) is 26.3 Å². The summed E-state index contributed by atoms with van der Waals surface area (Å²) < 4.78 is 10.3. The van der Waals surface area contributed by atoms with E-state index < -0.39 is 0 Å². The Hall–Kier alpha value is -1.79. The second-order valence-corrected chi connectivity index (χ2v) is 3.83. The first-order chi connectivity index (χ1) is 8.79. The molecule has 1 aliphatic rings. The van der Waals surface area contributed by atoms with E-state index in [1.165, 1.54) is 5.01 Å². The van der Waals surface area contributed by atoms with Gasteiger partial charge in [-0.25, -0.2) is 10.2 Å². The maximum Gasteiger partial charge on any atom is 0.336 e. The molecular weight excluding hydrogens is 234 g/mol. The summed E-state index contributed by atoms with van der Waals surface area (Å²) in [5, 5.41) is 4.33. The Bertz CT molecular complexity index is 386. The highest BCUT2D eigenvalue weighted by atomic mass is 16.5. The Labute approximate surface area is 106 Å². The van der Waals surface area contributed by atoms with E-state index in [2.05, 4.69) is 10.7 Å². The maximum absolute atomic E-state index is 11.9. The van der Waals surface area contributed by atoms with Crippen LogP contribution in [-0.2, 0) is 4.74 Å². The van der Waals surface area contributed by atoms with Crippen molar-refractivity contribution in [3.63, 3.8) is 0 Å². The number of amides is 2. The van der Waals surface area contributed by atoms with Crippen molar-refractivity contribution in [2.24, 2.45) is 0 Å². The fourth-order valence-corrected chi connectivity index (χ4v) is 1.63. The molecule has 1 fully saturated rings. The molecule has 2 amide bonds. The third kappa shape index (κ3) is 3.35. The molecule has 1 saturated heterocycles. The highest BCUT2D eigenvalue weighted by Gasteiger charge is 2.15. The first kappa shape index (κ1) is 12.7. The van der Waals surface area contributed by atoms with Gasteiger partial charge in [0.1, 0.15) is 5.75 Å². The Kier molecular flexibility index (Phi) is 4.38. The Morgan fingerprint density at radius 1 is 1.39 bits per heavy atom. The molecule has 0 aromatic heterocycles. The minimum absolute atomic E-state index is 0.189. The number of nitrogens with zero attached hydrogens (tertiary/aromatic N) is 1. The largest absolute Gasteiger partial charge is 0.497 e. The molecule has 0 bridgehead atoms. The van der Waals surface area contributed by atoms with Crippen LogP contribution >= 0.6 is 0 Å². The predicted molar refractivity (Wildman–Crippen MR) is 67.5 cm³/mol. The number of hydrazine groups is 1. The maximum atomic E-state index is 11.9. The van der Waals surface area contributed by atoms with Crippen LogP contribution in [0.3, 0.4) is 0 Å². The van der Waals surface area contributed by atoms with Crippen LogP contribution in [-0.4, -0.2) is 44.5 Å². The van der Waals surface area contributed by atoms with E-state index in [1.807, 2.05) is 0 Å². The summed E-state index contributed by atoms with van der Waals surface area (Å²) in [6.07, 6.45) is 0. The molecule has 1 aliphatic heterocycles. The van der Waals surface area contributed by atoms with Gasteiger partial charge >= 0.3 is 6.03 Å². The topological polar surface area (TPSA) is 62.8 Å². The van der Waals surface area contributed by atoms with Gasteiger partial charge in [0.05, 0.1) is 26.9 Å². The standard InChI is InChI=1S/C12H17N3O3/c1-17-11-4-2-10(3-5-11)14-12(16)15-7-9-18-8-6-13-15/h2-5,13H,6-9H2,1H3,(H,14,16). The number of benzene rings is 1. The van der Waals surface area contributed by atoms with Crippen LogP contribution in [0, 0.1) is 0 Å². The van der Waals surface area contributed by atoms with Gasteiger partial charge in [0, 0.05) is 12.2 Å². The van der Waals surface area contributed by atoms with Gasteiger partial charge in [-0.05, 0) is 24.3 Å². The van der Waals surface area contributed by atoms with Crippen molar-refractivity contribution in [2.75, 3.05) is 38.7 Å². The lowest BCUT2D eigenvalue weighted by Gasteiger charge is -2.20. The van der Waals surface area contributed by atoms with Crippen LogP contribution in [0.1, 0.15) is 0 Å². The van der Waals surface area contributed by atoms with Crippen molar-refractivity contribution < 1.29 is 14.3 Å². The lowest BCUT2D eigenvalue weighted by molar-refractivity contribution is 0.147. The van der Waals surface area contributed by atoms with Crippen molar-refractivity contribution in [1.29, 1.82) is 0 Å². The molecule has 0 saturated carbocycles. The van der Waals surface area contributed by atoms with Crippen molar-refractivity contribution in [2.45, 2.75) is 0 Å². The van der Waals surface area contributed by atoms with E-state index in [1.54, 1.807) is 31.4 Å². The number of urea groups is 1. The number of carbonyl (C=O) groups is 1. The highest BCUT2D eigenvalue weighted by Crippen LogP contribution is 2.15. The van der Waals surface area contributed by atoms with Crippen LogP contribution in [0.5, 0.6) is 5.75 Å². The fraction of sp³-hybridized carbons (Fsp3) is 0.417. The average Bonchev–Trinajstić information content (AvgIpc) is 2.68. The molecule has 0 atom stereocenters. The van der Waals surface area contributed by atoms with Crippen molar-refractivity contribution in [3.05, 3.63) is 24.3 Å². The average molecular weight is 251 g/mol. The molecule has 0 aliphatic carbocycles. The number of nitrogens with one attached hydrogen (secondary N) is 2. The summed E-state index contributed by atoms with van der Waals surface area (Å²) in [7, 11) is 1.61. The predicted octanol–water partition coefficient (Wildman–Crippen LogP) is 1.06. The van der Waals surface area contributed by atoms with Gasteiger partial charge in [-0.3, -0.25) is 5.01 Å². The van der Waals surface area contributed by atoms with Gasteiger partial charge in [-0.2, -0.15) is 0 Å². The highest BCUT2D eigenvalue weighted by molar-refractivity contribution is 5.89. The molecule has 0 radical (unpaired) electrons. The van der Waals surface area contributed by atoms with Gasteiger partial charge in [-0.1, -0.05) is 0 Å². The first-order valence-electron chi connectivity index (χ1n) is 5.83. The molecule has 1 heterocycles. The monoisotopic (exact) mass is 251 g/mol. The molecule has 6 heteroatoms. The number of hydrogen-bond acceptors (Lipinski definition) is 4. The summed E-state index contributed by atoms with van der Waals surface area (Å²) in [6, 6.07) is 7.00. The Morgan fingerprint density at radius 2 is 2.17 bits per heavy atom. The normalized spacial score (nSPS) is 15.9. The number of anilines is 1. The fourth-order valence-electron chi connectivity index (χ4n) is 1.63. The number of carbonyl (C=O) groups excluding carboxylic acids is 1. The smallest absolute Gasteiger partial charge is 0.336 e. The summed E-state index contributed by atoms with van der Waals surface area (Å²) in [6.45, 7) is 2.33. The first-order valence-corrected chi connectivity index (χ1v) is 5.83. The molecular formula is C12H17N3O3. The molecule has 6 nitrogen and oxygen atoms in total. The summed E-state index contributed by atoms with van der Waals surface area (Å²) in [5.41, 5.74) is 3.73. The van der Waals surface area contributed by atoms with Crippen molar-refractivity contribution in [3.8, 4) is 5.75 Å². The minimum Gasteiger partial charge on any atom is -0.497 e. The Morgan fingerprint density at radius 3 is 2.89 bits per heavy atom. The summed E-state index contributed by atoms with van der Waals surface area (Å²) >= 11 is 0. The van der Waals surface area contributed by atoms with E-state index in [4.69, 9.17) is 9.47 Å². The zero-order valence-electron chi connectivity index (χ0n) is 10.3. The van der Waals surface area contributed by atoms with Crippen LogP contribution in [0.25, 0.3) is 0 Å². The number of methoxy groups -OCH3 is 1. The van der Waals surface area contributed by atoms with Gasteiger partial charge in [0.15, 0.2) is 0 Å². The SMILES string of the molecule is COc1ccc(NC(=O)N2CCOCCN2)cc1. The van der Waals surface area contributed by atoms with Crippen molar-refractivity contribution in [1.82, 2.24) is 10.4 Å². The van der Waals surface area contributed by atoms with E-state index in [0.717, 1.165) is 11.4 Å². The summed E-state index contributed by atoms with van der Waals surface area (Å²) in [4.78, 5) is 11.9. The molecule has 98 valence electrons. The molecule has 1 aromatic rings. The zero-order chi connectivity index (χ0) is 12.8. The van der Waals surface area contributed by atoms with Gasteiger partial charge < -0.3 is 14.8 Å². The Balaban J connectivity index is 1.92. The van der Waals surface area contributed by atoms with E-state index in [-0.39, 0.29) is 6.03 Å². The molecule has 18 heavy (non-hydrogen) atoms. The molecule has 0 spiro atoms. The number of ether oxygens (including phenoxy) is 2.